The standard InChI is InChI=1S/C30H27N3O4/c34-27-17-21-11-4-5-12-22(21)29(36)32(27)19-28(35)33-24-16-8-13-23(24)30(37)31(18-20-9-2-1-3-10-20)25-14-6-7-15-26(25)33/h1-7,9-12,14-15,23-24H,8,13,16-19H2. The van der Waals surface area contributed by atoms with Gasteiger partial charge < -0.3 is 9.80 Å². The molecule has 2 unspecified atom stereocenters. The Balaban J connectivity index is 1.37. The molecule has 3 aliphatic rings. The highest BCUT2D eigenvalue weighted by Crippen LogP contribution is 2.43. The van der Waals surface area contributed by atoms with Crippen LogP contribution in [0.4, 0.5) is 11.4 Å². The van der Waals surface area contributed by atoms with E-state index in [4.69, 9.17) is 0 Å². The van der Waals surface area contributed by atoms with E-state index >= 15 is 0 Å². The highest BCUT2D eigenvalue weighted by Gasteiger charge is 2.46. The fraction of sp³-hybridized carbons (Fsp3) is 0.267. The summed E-state index contributed by atoms with van der Waals surface area (Å²) in [5, 5.41) is 0. The molecule has 0 N–H and O–H groups in total. The summed E-state index contributed by atoms with van der Waals surface area (Å²) in [6.45, 7) is 0.0538. The average Bonchev–Trinajstić information content (AvgIpc) is 3.37. The first-order chi connectivity index (χ1) is 18.0. The number of amides is 4. The zero-order valence-electron chi connectivity index (χ0n) is 20.4. The van der Waals surface area contributed by atoms with Gasteiger partial charge in [0, 0.05) is 11.6 Å². The van der Waals surface area contributed by atoms with Gasteiger partial charge in [0.1, 0.15) is 6.54 Å². The number of carbonyl (C=O) groups excluding carboxylic acids is 4. The van der Waals surface area contributed by atoms with Crippen LogP contribution in [0.25, 0.3) is 0 Å². The van der Waals surface area contributed by atoms with E-state index in [-0.39, 0.29) is 42.6 Å². The predicted octanol–water partition coefficient (Wildman–Crippen LogP) is 3.96. The van der Waals surface area contributed by atoms with E-state index in [1.54, 1.807) is 34.1 Å². The van der Waals surface area contributed by atoms with Crippen LogP contribution in [0.5, 0.6) is 0 Å². The first-order valence-electron chi connectivity index (χ1n) is 12.7. The summed E-state index contributed by atoms with van der Waals surface area (Å²) in [4.78, 5) is 58.4. The minimum absolute atomic E-state index is 0.00755. The van der Waals surface area contributed by atoms with Gasteiger partial charge in [-0.3, -0.25) is 24.1 Å². The van der Waals surface area contributed by atoms with Crippen molar-refractivity contribution in [3.8, 4) is 0 Å². The van der Waals surface area contributed by atoms with Crippen LogP contribution in [0.3, 0.4) is 0 Å². The van der Waals surface area contributed by atoms with Crippen LogP contribution in [0.2, 0.25) is 0 Å². The molecule has 7 nitrogen and oxygen atoms in total. The molecule has 2 heterocycles. The van der Waals surface area contributed by atoms with E-state index in [0.717, 1.165) is 16.9 Å². The Hall–Kier alpha value is -4.26. The van der Waals surface area contributed by atoms with E-state index in [1.165, 1.54) is 0 Å². The van der Waals surface area contributed by atoms with Crippen molar-refractivity contribution in [3.63, 3.8) is 0 Å². The smallest absolute Gasteiger partial charge is 0.261 e. The van der Waals surface area contributed by atoms with E-state index in [1.807, 2.05) is 54.6 Å². The van der Waals surface area contributed by atoms with Crippen molar-refractivity contribution in [2.45, 2.75) is 38.3 Å². The third kappa shape index (κ3) is 4.00. The molecule has 2 atom stereocenters. The molecule has 3 aromatic carbocycles. The second-order valence-electron chi connectivity index (χ2n) is 9.89. The minimum Gasteiger partial charge on any atom is -0.306 e. The number of benzene rings is 3. The maximum Gasteiger partial charge on any atom is 0.261 e. The lowest BCUT2D eigenvalue weighted by atomic mass is 9.98. The molecule has 1 aliphatic carbocycles. The minimum atomic E-state index is -0.451. The highest BCUT2D eigenvalue weighted by atomic mass is 16.2. The summed E-state index contributed by atoms with van der Waals surface area (Å²) in [5.41, 5.74) is 3.45. The molecule has 7 heteroatoms. The second kappa shape index (κ2) is 9.32. The maximum absolute atomic E-state index is 13.9. The van der Waals surface area contributed by atoms with Crippen molar-refractivity contribution < 1.29 is 19.2 Å². The quantitative estimate of drug-likeness (QED) is 0.516. The van der Waals surface area contributed by atoms with Gasteiger partial charge in [-0.2, -0.15) is 0 Å². The molecule has 0 saturated heterocycles. The van der Waals surface area contributed by atoms with Gasteiger partial charge in [0.2, 0.25) is 17.7 Å². The van der Waals surface area contributed by atoms with Crippen LogP contribution in [-0.4, -0.2) is 41.1 Å². The number of anilines is 2. The van der Waals surface area contributed by atoms with E-state index in [0.29, 0.717) is 41.9 Å². The van der Waals surface area contributed by atoms with Crippen LogP contribution >= 0.6 is 0 Å². The first kappa shape index (κ1) is 23.2. The Bertz CT molecular complexity index is 1400. The van der Waals surface area contributed by atoms with Crippen LogP contribution in [0.15, 0.2) is 78.9 Å². The van der Waals surface area contributed by atoms with E-state index in [9.17, 15) is 19.2 Å². The molecule has 6 rings (SSSR count). The number of fused-ring (bicyclic) bond motifs is 3. The van der Waals surface area contributed by atoms with Gasteiger partial charge in [0.25, 0.3) is 5.91 Å². The molecule has 3 aromatic rings. The summed E-state index contributed by atoms with van der Waals surface area (Å²) in [5.74, 6) is -1.51. The van der Waals surface area contributed by atoms with Crippen molar-refractivity contribution in [2.75, 3.05) is 16.3 Å². The number of carbonyl (C=O) groups is 4. The molecule has 4 amide bonds. The fourth-order valence-corrected chi connectivity index (χ4v) is 5.95. The van der Waals surface area contributed by atoms with Crippen LogP contribution in [0.1, 0.15) is 40.7 Å². The van der Waals surface area contributed by atoms with Crippen molar-refractivity contribution in [3.05, 3.63) is 95.6 Å². The van der Waals surface area contributed by atoms with Crippen LogP contribution in [0, 0.1) is 5.92 Å². The highest BCUT2D eigenvalue weighted by molar-refractivity contribution is 6.13. The molecule has 1 saturated carbocycles. The number of imide groups is 1. The molecule has 0 bridgehead atoms. The van der Waals surface area contributed by atoms with Gasteiger partial charge in [0.15, 0.2) is 0 Å². The zero-order chi connectivity index (χ0) is 25.5. The number of hydrogen-bond acceptors (Lipinski definition) is 4. The number of rotatable bonds is 4. The molecular formula is C30H27N3O4. The average molecular weight is 494 g/mol. The van der Waals surface area contributed by atoms with Crippen molar-refractivity contribution >= 4 is 35.0 Å². The Morgan fingerprint density at radius 1 is 0.784 bits per heavy atom. The van der Waals surface area contributed by atoms with E-state index in [2.05, 4.69) is 0 Å². The molecule has 0 aromatic heterocycles. The zero-order valence-corrected chi connectivity index (χ0v) is 20.4. The molecule has 37 heavy (non-hydrogen) atoms. The van der Waals surface area contributed by atoms with Gasteiger partial charge in [-0.15, -0.1) is 0 Å². The Morgan fingerprint density at radius 3 is 2.30 bits per heavy atom. The van der Waals surface area contributed by atoms with Gasteiger partial charge in [-0.05, 0) is 42.2 Å². The molecule has 2 aliphatic heterocycles. The molecule has 1 fully saturated rings. The lowest BCUT2D eigenvalue weighted by Gasteiger charge is -2.33. The second-order valence-corrected chi connectivity index (χ2v) is 9.89. The van der Waals surface area contributed by atoms with Crippen molar-refractivity contribution in [1.29, 1.82) is 0 Å². The summed E-state index contributed by atoms with van der Waals surface area (Å²) in [7, 11) is 0. The van der Waals surface area contributed by atoms with Gasteiger partial charge in [-0.1, -0.05) is 67.1 Å². The Kier molecular flexibility index (Phi) is 5.83. The number of nitrogens with zero attached hydrogens (tertiary/aromatic N) is 3. The Labute approximate surface area is 215 Å². The molecule has 0 radical (unpaired) electrons. The summed E-state index contributed by atoms with van der Waals surface area (Å²) < 4.78 is 0. The summed E-state index contributed by atoms with van der Waals surface area (Å²) >= 11 is 0. The predicted molar refractivity (Wildman–Crippen MR) is 139 cm³/mol. The van der Waals surface area contributed by atoms with Crippen molar-refractivity contribution in [2.24, 2.45) is 5.92 Å². The van der Waals surface area contributed by atoms with Gasteiger partial charge in [-0.25, -0.2) is 0 Å². The lowest BCUT2D eigenvalue weighted by Crippen LogP contribution is -2.52. The first-order valence-corrected chi connectivity index (χ1v) is 12.7. The van der Waals surface area contributed by atoms with Crippen LogP contribution in [-0.2, 0) is 27.3 Å². The maximum atomic E-state index is 13.9. The number of hydrogen-bond donors (Lipinski definition) is 0. The third-order valence-electron chi connectivity index (χ3n) is 7.71. The van der Waals surface area contributed by atoms with Gasteiger partial charge >= 0.3 is 0 Å². The molecule has 0 spiro atoms. The van der Waals surface area contributed by atoms with Crippen LogP contribution < -0.4 is 9.80 Å². The van der Waals surface area contributed by atoms with Crippen molar-refractivity contribution in [1.82, 2.24) is 4.90 Å². The number of para-hydroxylation sites is 2. The van der Waals surface area contributed by atoms with Gasteiger partial charge in [0.05, 0.1) is 30.3 Å². The summed E-state index contributed by atoms with van der Waals surface area (Å²) in [6, 6.07) is 23.9. The largest absolute Gasteiger partial charge is 0.306 e. The molecular weight excluding hydrogens is 466 g/mol. The third-order valence-corrected chi connectivity index (χ3v) is 7.71. The SMILES string of the molecule is O=C1Cc2ccccc2C(=O)N1CC(=O)N1c2ccccc2N(Cc2ccccc2)C(=O)C2CCCC21. The molecule has 186 valence electrons. The normalized spacial score (nSPS) is 20.9. The fourth-order valence-electron chi connectivity index (χ4n) is 5.95. The van der Waals surface area contributed by atoms with E-state index < -0.39 is 5.91 Å². The lowest BCUT2D eigenvalue weighted by molar-refractivity contribution is -0.133. The topological polar surface area (TPSA) is 78.0 Å². The summed E-state index contributed by atoms with van der Waals surface area (Å²) in [6.07, 6.45) is 2.31. The Morgan fingerprint density at radius 2 is 1.49 bits per heavy atom. The monoisotopic (exact) mass is 493 g/mol.